The smallest absolute Gasteiger partial charge is 0.161 e. The molecule has 34 heavy (non-hydrogen) atoms. The van der Waals surface area contributed by atoms with Crippen LogP contribution in [0.4, 0.5) is 14.5 Å². The van der Waals surface area contributed by atoms with E-state index in [9.17, 15) is 24.1 Å². The predicted molar refractivity (Wildman–Crippen MR) is 128 cm³/mol. The van der Waals surface area contributed by atoms with E-state index in [0.717, 1.165) is 0 Å². The molecule has 0 radical (unpaired) electrons. The fourth-order valence-corrected chi connectivity index (χ4v) is 4.81. The molecular formula is C28H22F2N2O2. The first-order valence-electron chi connectivity index (χ1n) is 11.1. The summed E-state index contributed by atoms with van der Waals surface area (Å²) in [6.45, 7) is 0. The van der Waals surface area contributed by atoms with Crippen LogP contribution in [-0.4, -0.2) is 16.7 Å². The number of allylic oxidation sites excluding steroid dienone is 2. The maximum atomic E-state index is 13.8. The minimum absolute atomic E-state index is 0.00395. The number of carbonyl (C=O) groups is 1. The second-order valence-corrected chi connectivity index (χ2v) is 8.41. The maximum absolute atomic E-state index is 13.8. The van der Waals surface area contributed by atoms with Crippen LogP contribution in [0.5, 0.6) is 0 Å². The average molecular weight is 456 g/mol. The highest BCUT2D eigenvalue weighted by Crippen LogP contribution is 2.47. The molecule has 4 nitrogen and oxygen atoms in total. The van der Waals surface area contributed by atoms with E-state index >= 15 is 0 Å². The maximum Gasteiger partial charge on any atom is 0.161 e. The summed E-state index contributed by atoms with van der Waals surface area (Å²) in [6, 6.07) is 20.4. The Morgan fingerprint density at radius 2 is 1.50 bits per heavy atom. The molecule has 2 N–H and O–H groups in total. The van der Waals surface area contributed by atoms with Crippen LogP contribution in [0.25, 0.3) is 5.76 Å². The summed E-state index contributed by atoms with van der Waals surface area (Å²) in [5.41, 5.74) is 3.04. The number of rotatable bonds is 3. The van der Waals surface area contributed by atoms with Crippen molar-refractivity contribution < 1.29 is 18.7 Å². The Labute approximate surface area is 196 Å². The van der Waals surface area contributed by atoms with Crippen molar-refractivity contribution in [3.63, 3.8) is 0 Å². The number of nitrogens with zero attached hydrogens (tertiary/aromatic N) is 1. The van der Waals surface area contributed by atoms with E-state index in [4.69, 9.17) is 0 Å². The van der Waals surface area contributed by atoms with Gasteiger partial charge in [-0.3, -0.25) is 15.1 Å². The number of nitrogens with one attached hydrogen (secondary N) is 1. The van der Waals surface area contributed by atoms with Crippen molar-refractivity contribution in [2.75, 3.05) is 4.90 Å². The SMILES string of the molecule is N=C1/C(=C(/O)c2ccccc2)C(c2ccc(F)cc2)C2=C(CCCC2=O)N1c1ccc(F)cc1. The van der Waals surface area contributed by atoms with Gasteiger partial charge in [0.2, 0.25) is 0 Å². The van der Waals surface area contributed by atoms with Crippen molar-refractivity contribution in [2.24, 2.45) is 0 Å². The van der Waals surface area contributed by atoms with Gasteiger partial charge in [0, 0.05) is 40.4 Å². The van der Waals surface area contributed by atoms with Crippen LogP contribution in [0.3, 0.4) is 0 Å². The lowest BCUT2D eigenvalue weighted by atomic mass is 9.73. The molecule has 5 rings (SSSR count). The number of carbonyl (C=O) groups excluding carboxylic acids is 1. The van der Waals surface area contributed by atoms with Crippen molar-refractivity contribution in [2.45, 2.75) is 25.2 Å². The van der Waals surface area contributed by atoms with Gasteiger partial charge in [-0.15, -0.1) is 0 Å². The van der Waals surface area contributed by atoms with E-state index in [2.05, 4.69) is 0 Å². The van der Waals surface area contributed by atoms with E-state index in [1.165, 1.54) is 24.3 Å². The molecule has 1 aliphatic carbocycles. The van der Waals surface area contributed by atoms with E-state index < -0.39 is 17.6 Å². The van der Waals surface area contributed by atoms with Crippen molar-refractivity contribution >= 4 is 23.1 Å². The molecule has 1 aliphatic heterocycles. The Morgan fingerprint density at radius 3 is 2.15 bits per heavy atom. The zero-order chi connectivity index (χ0) is 23.8. The van der Waals surface area contributed by atoms with E-state index in [-0.39, 0.29) is 23.0 Å². The van der Waals surface area contributed by atoms with Gasteiger partial charge in [0.15, 0.2) is 5.78 Å². The Kier molecular flexibility index (Phi) is 5.57. The standard InChI is InChI=1S/C28H22F2N2O2/c29-19-11-9-17(10-12-19)24-25-22(7-4-8-23(25)33)32(21-15-13-20(30)14-16-21)28(31)26(24)27(34)18-5-2-1-3-6-18/h1-3,5-6,9-16,24,31,34H,4,7-8H2/b27-26+,31-28?. The second-order valence-electron chi connectivity index (χ2n) is 8.41. The first kappa shape index (κ1) is 21.8. The van der Waals surface area contributed by atoms with Crippen LogP contribution in [-0.2, 0) is 4.79 Å². The fraction of sp³-hybridized carbons (Fsp3) is 0.143. The molecule has 6 heteroatoms. The Bertz CT molecular complexity index is 1330. The molecule has 0 saturated heterocycles. The number of amidine groups is 1. The summed E-state index contributed by atoms with van der Waals surface area (Å²) in [6.07, 6.45) is 1.53. The molecule has 2 aliphatic rings. The molecule has 3 aromatic rings. The molecule has 0 spiro atoms. The van der Waals surface area contributed by atoms with Gasteiger partial charge in [-0.1, -0.05) is 42.5 Å². The van der Waals surface area contributed by atoms with Gasteiger partial charge in [0.25, 0.3) is 0 Å². The summed E-state index contributed by atoms with van der Waals surface area (Å²) >= 11 is 0. The van der Waals surface area contributed by atoms with Crippen molar-refractivity contribution in [3.05, 3.63) is 118 Å². The molecule has 0 bridgehead atoms. The molecule has 1 atom stereocenters. The number of anilines is 1. The summed E-state index contributed by atoms with van der Waals surface area (Å²) in [7, 11) is 0. The number of hydrogen-bond donors (Lipinski definition) is 2. The lowest BCUT2D eigenvalue weighted by Gasteiger charge is -2.41. The van der Waals surface area contributed by atoms with Crippen molar-refractivity contribution in [1.82, 2.24) is 0 Å². The van der Waals surface area contributed by atoms with Gasteiger partial charge in [-0.05, 0) is 54.8 Å². The number of aliphatic hydroxyl groups excluding tert-OH is 1. The summed E-state index contributed by atoms with van der Waals surface area (Å²) in [5.74, 6) is -1.76. The number of benzene rings is 3. The molecule has 0 amide bonds. The normalized spacial score (nSPS) is 19.8. The summed E-state index contributed by atoms with van der Waals surface area (Å²) < 4.78 is 27.4. The van der Waals surface area contributed by atoms with Gasteiger partial charge in [-0.2, -0.15) is 0 Å². The van der Waals surface area contributed by atoms with Crippen molar-refractivity contribution in [1.29, 1.82) is 5.41 Å². The lowest BCUT2D eigenvalue weighted by Crippen LogP contribution is -2.42. The number of ketones is 1. The average Bonchev–Trinajstić information content (AvgIpc) is 2.85. The van der Waals surface area contributed by atoms with Gasteiger partial charge in [-0.25, -0.2) is 8.78 Å². The Morgan fingerprint density at radius 1 is 0.882 bits per heavy atom. The highest BCUT2D eigenvalue weighted by atomic mass is 19.1. The Balaban J connectivity index is 1.82. The molecule has 0 aromatic heterocycles. The number of Topliss-reactive ketones (excluding diaryl/α,β-unsaturated/α-hetero) is 1. The molecule has 0 saturated carbocycles. The van der Waals surface area contributed by atoms with Gasteiger partial charge >= 0.3 is 0 Å². The third-order valence-corrected chi connectivity index (χ3v) is 6.35. The largest absolute Gasteiger partial charge is 0.507 e. The van der Waals surface area contributed by atoms with Gasteiger partial charge < -0.3 is 5.11 Å². The molecule has 170 valence electrons. The van der Waals surface area contributed by atoms with Gasteiger partial charge in [0.05, 0.1) is 0 Å². The summed E-state index contributed by atoms with van der Waals surface area (Å²) in [5, 5.41) is 20.6. The van der Waals surface area contributed by atoms with E-state index in [1.54, 1.807) is 53.4 Å². The van der Waals surface area contributed by atoms with Gasteiger partial charge in [0.1, 0.15) is 23.2 Å². The third kappa shape index (κ3) is 3.71. The van der Waals surface area contributed by atoms with Crippen LogP contribution in [0.1, 0.15) is 36.3 Å². The Hall–Kier alpha value is -4.06. The molecule has 0 fully saturated rings. The molecule has 1 unspecified atom stereocenters. The van der Waals surface area contributed by atoms with E-state index in [1.807, 2.05) is 6.07 Å². The molecule has 1 heterocycles. The first-order chi connectivity index (χ1) is 16.5. The second kappa shape index (κ2) is 8.71. The number of hydrogen-bond acceptors (Lipinski definition) is 3. The first-order valence-corrected chi connectivity index (χ1v) is 11.1. The lowest BCUT2D eigenvalue weighted by molar-refractivity contribution is -0.116. The predicted octanol–water partition coefficient (Wildman–Crippen LogP) is 6.52. The monoisotopic (exact) mass is 456 g/mol. The van der Waals surface area contributed by atoms with Crippen LogP contribution in [0.2, 0.25) is 0 Å². The van der Waals surface area contributed by atoms with E-state index in [0.29, 0.717) is 47.3 Å². The highest BCUT2D eigenvalue weighted by Gasteiger charge is 2.43. The van der Waals surface area contributed by atoms with Crippen LogP contribution >= 0.6 is 0 Å². The fourth-order valence-electron chi connectivity index (χ4n) is 4.81. The number of aliphatic hydroxyl groups is 1. The van der Waals surface area contributed by atoms with Crippen LogP contribution in [0.15, 0.2) is 95.7 Å². The topological polar surface area (TPSA) is 64.4 Å². The van der Waals surface area contributed by atoms with Crippen LogP contribution in [0, 0.1) is 17.0 Å². The summed E-state index contributed by atoms with van der Waals surface area (Å²) in [4.78, 5) is 15.0. The van der Waals surface area contributed by atoms with Crippen LogP contribution < -0.4 is 4.90 Å². The van der Waals surface area contributed by atoms with Crippen molar-refractivity contribution in [3.8, 4) is 0 Å². The zero-order valence-corrected chi connectivity index (χ0v) is 18.3. The highest BCUT2D eigenvalue weighted by molar-refractivity contribution is 6.19. The minimum atomic E-state index is -0.729. The third-order valence-electron chi connectivity index (χ3n) is 6.35. The minimum Gasteiger partial charge on any atom is -0.507 e. The quantitative estimate of drug-likeness (QED) is 0.441. The number of halogens is 2. The zero-order valence-electron chi connectivity index (χ0n) is 18.3. The molecule has 3 aromatic carbocycles. The molecular weight excluding hydrogens is 434 g/mol.